The van der Waals surface area contributed by atoms with Crippen molar-refractivity contribution >= 4 is 11.4 Å². The van der Waals surface area contributed by atoms with E-state index < -0.39 is 74.5 Å². The second-order valence-electron chi connectivity index (χ2n) is 8.94. The molecule has 2 aliphatic rings. The highest BCUT2D eigenvalue weighted by molar-refractivity contribution is 5.68. The number of hydrogen-bond donors (Lipinski definition) is 10. The fourth-order valence-electron chi connectivity index (χ4n) is 4.29. The van der Waals surface area contributed by atoms with Crippen LogP contribution in [0.2, 0.25) is 0 Å². The molecule has 12 heteroatoms. The third-order valence-electron chi connectivity index (χ3n) is 6.51. The quantitative estimate of drug-likeness (QED) is 0.193. The number of hydrogen-bond acceptors (Lipinski definition) is 12. The van der Waals surface area contributed by atoms with Gasteiger partial charge in [-0.3, -0.25) is 0 Å². The van der Waals surface area contributed by atoms with Gasteiger partial charge in [-0.2, -0.15) is 0 Å². The van der Waals surface area contributed by atoms with E-state index in [1.807, 2.05) is 24.3 Å². The van der Waals surface area contributed by atoms with Crippen LogP contribution in [0.1, 0.15) is 0 Å². The Morgan fingerprint density at radius 1 is 0.500 bits per heavy atom. The molecule has 2 aliphatic heterocycles. The molecule has 2 saturated heterocycles. The van der Waals surface area contributed by atoms with Gasteiger partial charge in [-0.1, -0.05) is 24.3 Å². The highest BCUT2D eigenvalue weighted by Gasteiger charge is 2.44. The van der Waals surface area contributed by atoms with E-state index in [0.29, 0.717) is 11.4 Å². The van der Waals surface area contributed by atoms with Crippen molar-refractivity contribution < 1.29 is 50.3 Å². The van der Waals surface area contributed by atoms with Gasteiger partial charge < -0.3 is 61.0 Å². The normalized spacial score (nSPS) is 36.9. The summed E-state index contributed by atoms with van der Waals surface area (Å²) >= 11 is 0. The first kappa shape index (κ1) is 26.7. The Hall–Kier alpha value is -2.36. The highest BCUT2D eigenvalue weighted by atomic mass is 16.6. The first-order valence-corrected chi connectivity index (χ1v) is 11.6. The van der Waals surface area contributed by atoms with Gasteiger partial charge in [-0.05, 0) is 35.4 Å². The predicted octanol–water partition coefficient (Wildman–Crippen LogP) is -2.22. The summed E-state index contributed by atoms with van der Waals surface area (Å²) in [4.78, 5) is 0. The first-order chi connectivity index (χ1) is 17.2. The fourth-order valence-corrected chi connectivity index (χ4v) is 4.29. The summed E-state index contributed by atoms with van der Waals surface area (Å²) < 4.78 is 10.9. The average molecular weight is 509 g/mol. The van der Waals surface area contributed by atoms with Gasteiger partial charge in [0.25, 0.3) is 0 Å². The lowest BCUT2D eigenvalue weighted by Gasteiger charge is -2.40. The largest absolute Gasteiger partial charge is 0.394 e. The van der Waals surface area contributed by atoms with E-state index >= 15 is 0 Å². The maximum Gasteiger partial charge on any atom is 0.157 e. The Kier molecular flexibility index (Phi) is 8.42. The van der Waals surface area contributed by atoms with Gasteiger partial charge in [-0.15, -0.1) is 0 Å². The third kappa shape index (κ3) is 5.48. The minimum atomic E-state index is -1.47. The number of ether oxygens (including phenoxy) is 2. The molecule has 4 rings (SSSR count). The summed E-state index contributed by atoms with van der Waals surface area (Å²) in [5, 5.41) is 84.6. The lowest BCUT2D eigenvalue weighted by atomic mass is 9.98. The van der Waals surface area contributed by atoms with E-state index in [4.69, 9.17) is 9.47 Å². The summed E-state index contributed by atoms with van der Waals surface area (Å²) in [7, 11) is 0. The highest BCUT2D eigenvalue weighted by Crippen LogP contribution is 2.28. The van der Waals surface area contributed by atoms with Crippen LogP contribution < -0.4 is 10.6 Å². The van der Waals surface area contributed by atoms with Gasteiger partial charge in [0.1, 0.15) is 48.8 Å². The number of benzene rings is 2. The Labute approximate surface area is 207 Å². The van der Waals surface area contributed by atoms with Crippen molar-refractivity contribution in [3.63, 3.8) is 0 Å². The van der Waals surface area contributed by atoms with Crippen molar-refractivity contribution in [2.45, 2.75) is 61.3 Å². The summed E-state index contributed by atoms with van der Waals surface area (Å²) in [5.41, 5.74) is 2.91. The molecule has 2 aromatic carbocycles. The standard InChI is InChI=1S/C24H32N2O10/c27-9-15-17(29)19(31)21(33)23(35-15)25-13-5-1-11(2-6-13)12-3-7-14(8-4-12)26-24-22(34)20(32)18(30)16(10-28)36-24/h1-8,15-34H,9-10H2/t15-,16-,17+,18+,19+,20+,21+,22+,23?,24?/m0/s1. The topological polar surface area (TPSA) is 204 Å². The van der Waals surface area contributed by atoms with Gasteiger partial charge in [0.15, 0.2) is 12.5 Å². The molecule has 2 aromatic rings. The van der Waals surface area contributed by atoms with Crippen molar-refractivity contribution in [3.8, 4) is 11.1 Å². The van der Waals surface area contributed by atoms with Crippen LogP contribution in [0.15, 0.2) is 48.5 Å². The van der Waals surface area contributed by atoms with Crippen LogP contribution in [0, 0.1) is 0 Å². The van der Waals surface area contributed by atoms with E-state index in [1.54, 1.807) is 24.3 Å². The van der Waals surface area contributed by atoms with E-state index in [0.717, 1.165) is 11.1 Å². The molecule has 0 bridgehead atoms. The van der Waals surface area contributed by atoms with E-state index in [1.165, 1.54) is 0 Å². The Morgan fingerprint density at radius 3 is 1.14 bits per heavy atom. The Morgan fingerprint density at radius 2 is 0.833 bits per heavy atom. The van der Waals surface area contributed by atoms with Gasteiger partial charge in [0.2, 0.25) is 0 Å². The summed E-state index contributed by atoms with van der Waals surface area (Å²) in [6, 6.07) is 14.3. The molecular weight excluding hydrogens is 476 g/mol. The van der Waals surface area contributed by atoms with Gasteiger partial charge >= 0.3 is 0 Å². The van der Waals surface area contributed by atoms with Gasteiger partial charge in [-0.25, -0.2) is 0 Å². The summed E-state index contributed by atoms with van der Waals surface area (Å²) in [6.45, 7) is -1.02. The third-order valence-corrected chi connectivity index (χ3v) is 6.51. The molecule has 2 heterocycles. The predicted molar refractivity (Wildman–Crippen MR) is 127 cm³/mol. The van der Waals surface area contributed by atoms with Gasteiger partial charge in [0.05, 0.1) is 13.2 Å². The van der Waals surface area contributed by atoms with Crippen molar-refractivity contribution in [2.75, 3.05) is 23.8 Å². The van der Waals surface area contributed by atoms with E-state index in [-0.39, 0.29) is 0 Å². The Balaban J connectivity index is 1.38. The average Bonchev–Trinajstić information content (AvgIpc) is 2.90. The molecule has 12 nitrogen and oxygen atoms in total. The molecule has 10 atom stereocenters. The van der Waals surface area contributed by atoms with Crippen LogP contribution in [0.5, 0.6) is 0 Å². The minimum Gasteiger partial charge on any atom is -0.394 e. The van der Waals surface area contributed by atoms with Crippen molar-refractivity contribution in [2.24, 2.45) is 0 Å². The van der Waals surface area contributed by atoms with Crippen molar-refractivity contribution in [1.29, 1.82) is 0 Å². The van der Waals surface area contributed by atoms with Crippen LogP contribution in [-0.2, 0) is 9.47 Å². The van der Waals surface area contributed by atoms with Crippen molar-refractivity contribution in [1.82, 2.24) is 0 Å². The summed E-state index contributed by atoms with van der Waals surface area (Å²) in [6.07, 6.45) is -12.7. The van der Waals surface area contributed by atoms with E-state index in [2.05, 4.69) is 10.6 Å². The van der Waals surface area contributed by atoms with Crippen LogP contribution in [0.25, 0.3) is 11.1 Å². The number of nitrogens with one attached hydrogen (secondary N) is 2. The van der Waals surface area contributed by atoms with Crippen LogP contribution in [0.3, 0.4) is 0 Å². The molecular formula is C24H32N2O10. The number of aliphatic hydroxyl groups excluding tert-OH is 8. The monoisotopic (exact) mass is 508 g/mol. The number of rotatable bonds is 7. The molecule has 10 N–H and O–H groups in total. The van der Waals surface area contributed by atoms with Crippen molar-refractivity contribution in [3.05, 3.63) is 48.5 Å². The second kappa shape index (κ2) is 11.4. The lowest BCUT2D eigenvalue weighted by molar-refractivity contribution is -0.221. The maximum absolute atomic E-state index is 10.2. The molecule has 0 aliphatic carbocycles. The second-order valence-corrected chi connectivity index (χ2v) is 8.94. The van der Waals surface area contributed by atoms with Gasteiger partial charge in [0, 0.05) is 11.4 Å². The lowest BCUT2D eigenvalue weighted by Crippen LogP contribution is -2.60. The van der Waals surface area contributed by atoms with E-state index in [9.17, 15) is 40.9 Å². The smallest absolute Gasteiger partial charge is 0.157 e. The summed E-state index contributed by atoms with van der Waals surface area (Å²) in [5.74, 6) is 0. The molecule has 0 radical (unpaired) electrons. The molecule has 2 unspecified atom stereocenters. The first-order valence-electron chi connectivity index (χ1n) is 11.6. The SMILES string of the molecule is OC[C@@H]1OC(Nc2ccc(-c3ccc(NC4O[C@@H](CO)[C@@H](O)[C@@H](O)[C@H]4O)cc3)cc2)[C@H](O)[C@H](O)[C@@H]1O. The zero-order valence-corrected chi connectivity index (χ0v) is 19.2. The van der Waals surface area contributed by atoms with Crippen LogP contribution in [0.4, 0.5) is 11.4 Å². The zero-order valence-electron chi connectivity index (χ0n) is 19.2. The molecule has 198 valence electrons. The maximum atomic E-state index is 10.2. The molecule has 0 spiro atoms. The molecule has 36 heavy (non-hydrogen) atoms. The Bertz CT molecular complexity index is 894. The number of anilines is 2. The van der Waals surface area contributed by atoms with Crippen LogP contribution in [-0.4, -0.2) is 115 Å². The fraction of sp³-hybridized carbons (Fsp3) is 0.500. The molecule has 0 saturated carbocycles. The zero-order chi connectivity index (χ0) is 26.0. The number of aliphatic hydroxyl groups is 8. The van der Waals surface area contributed by atoms with Crippen LogP contribution >= 0.6 is 0 Å². The minimum absolute atomic E-state index is 0.511. The molecule has 0 amide bonds. The molecule has 2 fully saturated rings. The molecule has 0 aromatic heterocycles.